The summed E-state index contributed by atoms with van der Waals surface area (Å²) in [6.45, 7) is 4.88. The van der Waals surface area contributed by atoms with Crippen LogP contribution in [0.2, 0.25) is 0 Å². The van der Waals surface area contributed by atoms with Crippen LogP contribution in [0.25, 0.3) is 0 Å². The first-order valence-electron chi connectivity index (χ1n) is 4.23. The predicted octanol–water partition coefficient (Wildman–Crippen LogP) is 1.28. The number of carbonyl (C=O) groups excluding carboxylic acids is 1. The minimum atomic E-state index is -0.259. The largest absolute Gasteiger partial charge is 0.463 e. The molecule has 0 radical (unpaired) electrons. The fourth-order valence-corrected chi connectivity index (χ4v) is 1.19. The first-order valence-corrected chi connectivity index (χ1v) is 4.23. The Bertz CT molecular complexity index is 196. The molecule has 0 aliphatic carbocycles. The van der Waals surface area contributed by atoms with Crippen molar-refractivity contribution in [1.82, 2.24) is 0 Å². The zero-order chi connectivity index (χ0) is 8.97. The van der Waals surface area contributed by atoms with Crippen molar-refractivity contribution in [3.05, 3.63) is 11.6 Å². The highest BCUT2D eigenvalue weighted by Gasteiger charge is 2.17. The van der Waals surface area contributed by atoms with Crippen LogP contribution in [-0.4, -0.2) is 25.3 Å². The lowest BCUT2D eigenvalue weighted by Gasteiger charge is -2.02. The molecule has 0 aromatic heterocycles. The van der Waals surface area contributed by atoms with E-state index in [9.17, 15) is 4.79 Å². The minimum Gasteiger partial charge on any atom is -0.463 e. The molecule has 1 aliphatic rings. The Balaban J connectivity index is 2.49. The second-order valence-electron chi connectivity index (χ2n) is 2.73. The zero-order valence-electron chi connectivity index (χ0n) is 7.50. The summed E-state index contributed by atoms with van der Waals surface area (Å²) in [7, 11) is 0. The number of ether oxygens (including phenoxy) is 2. The standard InChI is InChI=1S/C9H14O3/c1-3-11-9(10)6-8-4-5-12-7(8)2/h6-7H,3-5H2,1-2H3/b8-6+. The Hall–Kier alpha value is -0.830. The van der Waals surface area contributed by atoms with Crippen molar-refractivity contribution in [2.75, 3.05) is 13.2 Å². The van der Waals surface area contributed by atoms with Gasteiger partial charge in [0.2, 0.25) is 0 Å². The average molecular weight is 170 g/mol. The quantitative estimate of drug-likeness (QED) is 0.462. The lowest BCUT2D eigenvalue weighted by molar-refractivity contribution is -0.137. The molecular formula is C9H14O3. The summed E-state index contributed by atoms with van der Waals surface area (Å²) < 4.78 is 10.0. The Morgan fingerprint density at radius 3 is 3.08 bits per heavy atom. The van der Waals surface area contributed by atoms with Crippen LogP contribution in [0.3, 0.4) is 0 Å². The molecule has 1 unspecified atom stereocenters. The van der Waals surface area contributed by atoms with E-state index >= 15 is 0 Å². The van der Waals surface area contributed by atoms with E-state index in [1.54, 1.807) is 13.0 Å². The van der Waals surface area contributed by atoms with Crippen LogP contribution in [0.5, 0.6) is 0 Å². The van der Waals surface area contributed by atoms with Gasteiger partial charge in [-0.1, -0.05) is 0 Å². The molecule has 12 heavy (non-hydrogen) atoms. The van der Waals surface area contributed by atoms with Gasteiger partial charge in [0.05, 0.1) is 19.3 Å². The Kier molecular flexibility index (Phi) is 3.29. The van der Waals surface area contributed by atoms with Crippen LogP contribution in [0, 0.1) is 0 Å². The molecule has 0 spiro atoms. The van der Waals surface area contributed by atoms with Crippen LogP contribution in [0.15, 0.2) is 11.6 Å². The fraction of sp³-hybridized carbons (Fsp3) is 0.667. The van der Waals surface area contributed by atoms with Crippen molar-refractivity contribution >= 4 is 5.97 Å². The Morgan fingerprint density at radius 1 is 1.83 bits per heavy atom. The first kappa shape index (κ1) is 9.26. The smallest absolute Gasteiger partial charge is 0.330 e. The van der Waals surface area contributed by atoms with Crippen LogP contribution in [-0.2, 0) is 14.3 Å². The normalized spacial score (nSPS) is 26.2. The first-order chi connectivity index (χ1) is 5.74. The van der Waals surface area contributed by atoms with Crippen LogP contribution >= 0.6 is 0 Å². The number of hydrogen-bond donors (Lipinski definition) is 0. The van der Waals surface area contributed by atoms with Crippen LogP contribution < -0.4 is 0 Å². The molecule has 1 rings (SSSR count). The maximum Gasteiger partial charge on any atom is 0.330 e. The van der Waals surface area contributed by atoms with E-state index in [1.807, 2.05) is 6.92 Å². The third-order valence-corrected chi connectivity index (χ3v) is 1.87. The van der Waals surface area contributed by atoms with Gasteiger partial charge in [0.1, 0.15) is 0 Å². The third kappa shape index (κ3) is 2.34. The molecule has 0 bridgehead atoms. The van der Waals surface area contributed by atoms with Gasteiger partial charge in [-0.3, -0.25) is 0 Å². The summed E-state index contributed by atoms with van der Waals surface area (Å²) in [5, 5.41) is 0. The lowest BCUT2D eigenvalue weighted by atomic mass is 10.1. The maximum atomic E-state index is 11.0. The molecule has 1 saturated heterocycles. The Morgan fingerprint density at radius 2 is 2.58 bits per heavy atom. The van der Waals surface area contributed by atoms with E-state index in [0.29, 0.717) is 13.2 Å². The molecule has 0 aromatic carbocycles. The summed E-state index contributed by atoms with van der Waals surface area (Å²) in [6, 6.07) is 0. The van der Waals surface area contributed by atoms with Gasteiger partial charge in [-0.2, -0.15) is 0 Å². The van der Waals surface area contributed by atoms with Crippen LogP contribution in [0.4, 0.5) is 0 Å². The van der Waals surface area contributed by atoms with Crippen molar-refractivity contribution in [3.8, 4) is 0 Å². The summed E-state index contributed by atoms with van der Waals surface area (Å²) >= 11 is 0. The summed E-state index contributed by atoms with van der Waals surface area (Å²) in [4.78, 5) is 11.0. The molecule has 0 amide bonds. The highest BCUT2D eigenvalue weighted by molar-refractivity contribution is 5.83. The second kappa shape index (κ2) is 4.26. The lowest BCUT2D eigenvalue weighted by Crippen LogP contribution is -2.05. The molecule has 68 valence electrons. The van der Waals surface area contributed by atoms with Gasteiger partial charge in [-0.25, -0.2) is 4.79 Å². The number of hydrogen-bond acceptors (Lipinski definition) is 3. The molecule has 0 saturated carbocycles. The highest BCUT2D eigenvalue weighted by Crippen LogP contribution is 2.18. The summed E-state index contributed by atoms with van der Waals surface area (Å²) in [6.07, 6.45) is 2.47. The maximum absolute atomic E-state index is 11.0. The molecule has 1 atom stereocenters. The van der Waals surface area contributed by atoms with Crippen molar-refractivity contribution in [3.63, 3.8) is 0 Å². The van der Waals surface area contributed by atoms with Crippen LogP contribution in [0.1, 0.15) is 20.3 Å². The number of carbonyl (C=O) groups is 1. The molecule has 1 aliphatic heterocycles. The number of esters is 1. The van der Waals surface area contributed by atoms with Gasteiger partial charge in [0, 0.05) is 6.08 Å². The van der Waals surface area contributed by atoms with Crippen molar-refractivity contribution in [2.45, 2.75) is 26.4 Å². The monoisotopic (exact) mass is 170 g/mol. The minimum absolute atomic E-state index is 0.0782. The second-order valence-corrected chi connectivity index (χ2v) is 2.73. The SMILES string of the molecule is CCOC(=O)/C=C1\CCOC1C. The molecule has 3 nitrogen and oxygen atoms in total. The third-order valence-electron chi connectivity index (χ3n) is 1.87. The van der Waals surface area contributed by atoms with E-state index < -0.39 is 0 Å². The average Bonchev–Trinajstić information content (AvgIpc) is 2.37. The van der Waals surface area contributed by atoms with Gasteiger partial charge >= 0.3 is 5.97 Å². The highest BCUT2D eigenvalue weighted by atomic mass is 16.5. The molecular weight excluding hydrogens is 156 g/mol. The van der Waals surface area contributed by atoms with E-state index in [1.165, 1.54) is 0 Å². The molecule has 3 heteroatoms. The van der Waals surface area contributed by atoms with Gasteiger partial charge in [-0.15, -0.1) is 0 Å². The molecule has 0 aromatic rings. The molecule has 1 heterocycles. The van der Waals surface area contributed by atoms with E-state index in [-0.39, 0.29) is 12.1 Å². The van der Waals surface area contributed by atoms with Crippen molar-refractivity contribution in [1.29, 1.82) is 0 Å². The van der Waals surface area contributed by atoms with E-state index in [0.717, 1.165) is 12.0 Å². The van der Waals surface area contributed by atoms with Gasteiger partial charge in [0.15, 0.2) is 0 Å². The summed E-state index contributed by atoms with van der Waals surface area (Å²) in [5.74, 6) is -0.259. The van der Waals surface area contributed by atoms with Gasteiger partial charge < -0.3 is 9.47 Å². The Labute approximate surface area is 72.4 Å². The number of rotatable bonds is 2. The van der Waals surface area contributed by atoms with Crippen molar-refractivity contribution in [2.24, 2.45) is 0 Å². The molecule has 0 N–H and O–H groups in total. The predicted molar refractivity (Wildman–Crippen MR) is 44.7 cm³/mol. The topological polar surface area (TPSA) is 35.5 Å². The zero-order valence-corrected chi connectivity index (χ0v) is 7.50. The van der Waals surface area contributed by atoms with Crippen molar-refractivity contribution < 1.29 is 14.3 Å². The van der Waals surface area contributed by atoms with E-state index in [4.69, 9.17) is 9.47 Å². The van der Waals surface area contributed by atoms with Gasteiger partial charge in [0.25, 0.3) is 0 Å². The summed E-state index contributed by atoms with van der Waals surface area (Å²) in [5.41, 5.74) is 1.04. The van der Waals surface area contributed by atoms with Gasteiger partial charge in [-0.05, 0) is 25.8 Å². The molecule has 1 fully saturated rings. The fourth-order valence-electron chi connectivity index (χ4n) is 1.19. The van der Waals surface area contributed by atoms with E-state index in [2.05, 4.69) is 0 Å².